The van der Waals surface area contributed by atoms with E-state index in [1.165, 1.54) is 6.42 Å². The van der Waals surface area contributed by atoms with Crippen molar-refractivity contribution in [1.29, 1.82) is 0 Å². The number of piperidine rings is 1. The lowest BCUT2D eigenvalue weighted by Gasteiger charge is -2.43. The second-order valence-corrected chi connectivity index (χ2v) is 7.64. The highest BCUT2D eigenvalue weighted by molar-refractivity contribution is 6.30. The van der Waals surface area contributed by atoms with Crippen LogP contribution >= 0.6 is 11.6 Å². The molecule has 0 aromatic carbocycles. The van der Waals surface area contributed by atoms with Gasteiger partial charge in [0, 0.05) is 31.5 Å². The Balaban J connectivity index is 1.47. The first-order chi connectivity index (χ1) is 12.6. The molecule has 0 radical (unpaired) electrons. The first-order valence-corrected chi connectivity index (χ1v) is 9.50. The number of likely N-dealkylation sites (tertiary alicyclic amines) is 1. The minimum atomic E-state index is -0.0826. The van der Waals surface area contributed by atoms with Crippen molar-refractivity contribution in [2.24, 2.45) is 0 Å². The number of aryl methyl sites for hydroxylation is 1. The van der Waals surface area contributed by atoms with Gasteiger partial charge in [-0.05, 0) is 39.0 Å². The monoisotopic (exact) mass is 378 g/mol. The lowest BCUT2D eigenvalue weighted by molar-refractivity contribution is -0.107. The van der Waals surface area contributed by atoms with Gasteiger partial charge in [-0.1, -0.05) is 16.8 Å². The fourth-order valence-electron chi connectivity index (χ4n) is 3.90. The molecule has 2 aromatic rings. The Hall–Kier alpha value is -1.86. The maximum atomic E-state index is 13.0. The largest absolute Gasteiger partial charge is 0.375 e. The molecule has 2 fully saturated rings. The molecule has 8 heteroatoms. The number of carbonyl (C=O) groups excluding carboxylic acids is 1. The summed E-state index contributed by atoms with van der Waals surface area (Å²) in [6.07, 6.45) is 8.52. The van der Waals surface area contributed by atoms with Crippen molar-refractivity contribution >= 4 is 17.5 Å². The van der Waals surface area contributed by atoms with Crippen LogP contribution in [-0.2, 0) is 11.3 Å². The fourth-order valence-corrected chi connectivity index (χ4v) is 4.06. The van der Waals surface area contributed by atoms with Gasteiger partial charge in [-0.15, -0.1) is 0 Å². The zero-order valence-corrected chi connectivity index (χ0v) is 15.7. The van der Waals surface area contributed by atoms with Gasteiger partial charge in [-0.25, -0.2) is 0 Å². The average Bonchev–Trinajstić information content (AvgIpc) is 3.22. The van der Waals surface area contributed by atoms with Crippen LogP contribution in [0.3, 0.4) is 0 Å². The van der Waals surface area contributed by atoms with Crippen molar-refractivity contribution in [2.75, 3.05) is 19.7 Å². The van der Waals surface area contributed by atoms with Crippen LogP contribution in [-0.4, -0.2) is 51.0 Å². The molecule has 0 unspecified atom stereocenters. The molecule has 140 valence electrons. The molecular formula is C18H23ClN4O3. The Labute approximate surface area is 157 Å². The number of rotatable bonds is 3. The van der Waals surface area contributed by atoms with Crippen molar-refractivity contribution in [3.8, 4) is 0 Å². The van der Waals surface area contributed by atoms with E-state index in [1.807, 2.05) is 11.8 Å². The first-order valence-electron chi connectivity index (χ1n) is 9.13. The van der Waals surface area contributed by atoms with Crippen LogP contribution in [0.1, 0.15) is 53.9 Å². The standard InChI is InChI=1S/C18H23ClN4O3/c1-13-15(12-23-11-14(19)10-20-23)16(21-26-13)17(24)22-7-5-18(6-8-22)4-2-3-9-25-18/h10-11H,2-9,12H2,1H3. The van der Waals surface area contributed by atoms with E-state index >= 15 is 0 Å². The van der Waals surface area contributed by atoms with Gasteiger partial charge in [0.05, 0.1) is 23.4 Å². The fraction of sp³-hybridized carbons (Fsp3) is 0.611. The van der Waals surface area contributed by atoms with Gasteiger partial charge in [-0.3, -0.25) is 9.48 Å². The van der Waals surface area contributed by atoms with Gasteiger partial charge in [0.2, 0.25) is 0 Å². The molecule has 4 rings (SSSR count). The number of nitrogens with zero attached hydrogens (tertiary/aromatic N) is 4. The number of hydrogen-bond acceptors (Lipinski definition) is 5. The van der Waals surface area contributed by atoms with E-state index in [1.54, 1.807) is 17.1 Å². The molecule has 0 bridgehead atoms. The molecule has 26 heavy (non-hydrogen) atoms. The predicted octanol–water partition coefficient (Wildman–Crippen LogP) is 3.06. The SMILES string of the molecule is Cc1onc(C(=O)N2CCC3(CCCCO3)CC2)c1Cn1cc(Cl)cn1. The zero-order valence-electron chi connectivity index (χ0n) is 14.9. The van der Waals surface area contributed by atoms with Gasteiger partial charge in [0.15, 0.2) is 5.69 Å². The minimum Gasteiger partial charge on any atom is -0.375 e. The summed E-state index contributed by atoms with van der Waals surface area (Å²) >= 11 is 5.93. The molecule has 7 nitrogen and oxygen atoms in total. The summed E-state index contributed by atoms with van der Waals surface area (Å²) in [4.78, 5) is 14.9. The predicted molar refractivity (Wildman–Crippen MR) is 95.3 cm³/mol. The van der Waals surface area contributed by atoms with E-state index in [2.05, 4.69) is 10.3 Å². The molecule has 2 saturated heterocycles. The molecule has 2 aliphatic rings. The third-order valence-corrected chi connectivity index (χ3v) is 5.70. The molecular weight excluding hydrogens is 356 g/mol. The van der Waals surface area contributed by atoms with E-state index in [9.17, 15) is 4.79 Å². The molecule has 0 saturated carbocycles. The molecule has 2 aliphatic heterocycles. The van der Waals surface area contributed by atoms with E-state index < -0.39 is 0 Å². The third-order valence-electron chi connectivity index (χ3n) is 5.51. The van der Waals surface area contributed by atoms with Crippen LogP contribution in [0, 0.1) is 6.92 Å². The van der Waals surface area contributed by atoms with E-state index in [4.69, 9.17) is 20.9 Å². The Morgan fingerprint density at radius 2 is 2.12 bits per heavy atom. The van der Waals surface area contributed by atoms with E-state index in [-0.39, 0.29) is 11.5 Å². The van der Waals surface area contributed by atoms with E-state index in [0.29, 0.717) is 36.1 Å². The number of ether oxygens (including phenoxy) is 1. The third kappa shape index (κ3) is 3.38. The quantitative estimate of drug-likeness (QED) is 0.820. The van der Waals surface area contributed by atoms with Crippen LogP contribution in [0.5, 0.6) is 0 Å². The van der Waals surface area contributed by atoms with Gasteiger partial charge >= 0.3 is 0 Å². The Morgan fingerprint density at radius 3 is 2.77 bits per heavy atom. The van der Waals surface area contributed by atoms with Crippen LogP contribution < -0.4 is 0 Å². The van der Waals surface area contributed by atoms with Crippen molar-refractivity contribution < 1.29 is 14.1 Å². The summed E-state index contributed by atoms with van der Waals surface area (Å²) < 4.78 is 13.0. The minimum absolute atomic E-state index is 0.0244. The number of aromatic nitrogens is 3. The number of amides is 1. The second kappa shape index (κ2) is 7.04. The Morgan fingerprint density at radius 1 is 1.31 bits per heavy atom. The average molecular weight is 379 g/mol. The molecule has 0 aliphatic carbocycles. The molecule has 2 aromatic heterocycles. The molecule has 4 heterocycles. The van der Waals surface area contributed by atoms with Gasteiger partial charge < -0.3 is 14.2 Å². The van der Waals surface area contributed by atoms with E-state index in [0.717, 1.165) is 37.9 Å². The van der Waals surface area contributed by atoms with Crippen LogP contribution in [0.15, 0.2) is 16.9 Å². The Kier molecular flexibility index (Phi) is 4.75. The molecule has 0 N–H and O–H groups in total. The summed E-state index contributed by atoms with van der Waals surface area (Å²) in [6, 6.07) is 0. The first kappa shape index (κ1) is 17.5. The highest BCUT2D eigenvalue weighted by atomic mass is 35.5. The van der Waals surface area contributed by atoms with Crippen LogP contribution in [0.2, 0.25) is 5.02 Å². The van der Waals surface area contributed by atoms with Crippen molar-refractivity contribution in [3.05, 3.63) is 34.4 Å². The van der Waals surface area contributed by atoms with Gasteiger partial charge in [-0.2, -0.15) is 5.10 Å². The van der Waals surface area contributed by atoms with Crippen molar-refractivity contribution in [2.45, 2.75) is 51.2 Å². The Bertz CT molecular complexity index is 784. The lowest BCUT2D eigenvalue weighted by Crippen LogP contribution is -2.49. The van der Waals surface area contributed by atoms with Crippen LogP contribution in [0.4, 0.5) is 0 Å². The smallest absolute Gasteiger partial charge is 0.276 e. The van der Waals surface area contributed by atoms with Crippen molar-refractivity contribution in [3.63, 3.8) is 0 Å². The summed E-state index contributed by atoms with van der Waals surface area (Å²) in [5.41, 5.74) is 1.10. The van der Waals surface area contributed by atoms with Gasteiger partial charge in [0.1, 0.15) is 5.76 Å². The highest BCUT2D eigenvalue weighted by Crippen LogP contribution is 2.35. The molecule has 1 spiro atoms. The summed E-state index contributed by atoms with van der Waals surface area (Å²) in [5, 5.41) is 8.76. The summed E-state index contributed by atoms with van der Waals surface area (Å²) in [7, 11) is 0. The van der Waals surface area contributed by atoms with Gasteiger partial charge in [0.25, 0.3) is 5.91 Å². The highest BCUT2D eigenvalue weighted by Gasteiger charge is 2.39. The lowest BCUT2D eigenvalue weighted by atomic mass is 9.84. The topological polar surface area (TPSA) is 73.4 Å². The molecule has 0 atom stereocenters. The zero-order chi connectivity index (χ0) is 18.1. The number of hydrogen-bond donors (Lipinski definition) is 0. The maximum Gasteiger partial charge on any atom is 0.276 e. The number of carbonyl (C=O) groups is 1. The van der Waals surface area contributed by atoms with Crippen LogP contribution in [0.25, 0.3) is 0 Å². The summed E-state index contributed by atoms with van der Waals surface area (Å²) in [5.74, 6) is 0.546. The summed E-state index contributed by atoms with van der Waals surface area (Å²) in [6.45, 7) is 4.44. The van der Waals surface area contributed by atoms with Crippen molar-refractivity contribution in [1.82, 2.24) is 19.8 Å². The normalized spacial score (nSPS) is 19.8. The maximum absolute atomic E-state index is 13.0. The second-order valence-electron chi connectivity index (χ2n) is 7.20. The number of halogens is 1. The molecule has 1 amide bonds.